The number of nitrogens with zero attached hydrogens (tertiary/aromatic N) is 1. The molecule has 0 bridgehead atoms. The van der Waals surface area contributed by atoms with Crippen LogP contribution >= 0.6 is 0 Å². The van der Waals surface area contributed by atoms with E-state index in [1.54, 1.807) is 0 Å². The third-order valence-corrected chi connectivity index (χ3v) is 2.24. The average molecular weight is 164 g/mol. The van der Waals surface area contributed by atoms with Crippen molar-refractivity contribution in [3.63, 3.8) is 0 Å². The average Bonchev–Trinajstić information content (AvgIpc) is 2.16. The molecular weight excluding hydrogens is 146 g/mol. The van der Waals surface area contributed by atoms with Gasteiger partial charge in [0.1, 0.15) is 0 Å². The Morgan fingerprint density at radius 2 is 2.08 bits per heavy atom. The van der Waals surface area contributed by atoms with Gasteiger partial charge in [0.05, 0.1) is 0 Å². The molecule has 0 saturated heterocycles. The molecule has 0 amide bonds. The van der Waals surface area contributed by atoms with Crippen molar-refractivity contribution in [3.8, 4) is 0 Å². The van der Waals surface area contributed by atoms with Crippen molar-refractivity contribution in [1.29, 1.82) is 0 Å². The Labute approximate surface area is 75.8 Å². The zero-order chi connectivity index (χ0) is 8.81. The summed E-state index contributed by atoms with van der Waals surface area (Å²) in [6.07, 6.45) is 10.0. The van der Waals surface area contributed by atoms with Gasteiger partial charge >= 0.3 is 0 Å². The summed E-state index contributed by atoms with van der Waals surface area (Å²) in [5, 5.41) is 0. The molecule has 1 heteroatoms. The van der Waals surface area contributed by atoms with Crippen LogP contribution in [0.4, 0.5) is 0 Å². The second-order valence-corrected chi connectivity index (χ2v) is 3.08. The van der Waals surface area contributed by atoms with E-state index in [-0.39, 0.29) is 0 Å². The van der Waals surface area contributed by atoms with Crippen molar-refractivity contribution in [3.05, 3.63) is 30.2 Å². The Hall–Kier alpha value is -0.560. The van der Waals surface area contributed by atoms with Crippen molar-refractivity contribution in [1.82, 2.24) is 4.90 Å². The zero-order valence-corrected chi connectivity index (χ0v) is 8.09. The fourth-order valence-electron chi connectivity index (χ4n) is 1.38. The third kappa shape index (κ3) is 2.82. The van der Waals surface area contributed by atoms with Crippen molar-refractivity contribution >= 4 is 0 Å². The molecule has 0 atom stereocenters. The van der Waals surface area contributed by atoms with Gasteiger partial charge in [-0.25, -0.2) is 0 Å². The van der Waals surface area contributed by atoms with Crippen LogP contribution in [-0.2, 0) is 0 Å². The molecule has 0 N–H and O–H groups in total. The topological polar surface area (TPSA) is 3.24 Å². The normalized spacial score (nSPS) is 16.8. The van der Waals surface area contributed by atoms with E-state index in [1.165, 1.54) is 5.57 Å². The fraction of sp³-hybridized carbons (Fsp3) is 0.545. The fourth-order valence-corrected chi connectivity index (χ4v) is 1.38. The molecular formula is C11H18N. The molecule has 0 aromatic rings. The second-order valence-electron chi connectivity index (χ2n) is 3.08. The molecule has 1 aliphatic carbocycles. The standard InChI is InChI=1S/C11H18N/c1-3-12(4-2)10-11-8-6-5-7-9-11/h6-9H,3-5,10H2,1-2H3. The molecule has 1 nitrogen and oxygen atoms in total. The molecule has 0 fully saturated rings. The van der Waals surface area contributed by atoms with E-state index in [1.807, 2.05) is 0 Å². The Bertz CT molecular complexity index is 175. The van der Waals surface area contributed by atoms with E-state index in [2.05, 4.69) is 43.4 Å². The van der Waals surface area contributed by atoms with E-state index >= 15 is 0 Å². The van der Waals surface area contributed by atoms with Crippen molar-refractivity contribution < 1.29 is 0 Å². The summed E-state index contributed by atoms with van der Waals surface area (Å²) in [4.78, 5) is 2.43. The molecule has 0 aromatic heterocycles. The van der Waals surface area contributed by atoms with Gasteiger partial charge in [-0.2, -0.15) is 0 Å². The first-order valence-electron chi connectivity index (χ1n) is 4.78. The van der Waals surface area contributed by atoms with Crippen LogP contribution in [0, 0.1) is 6.42 Å². The maximum Gasteiger partial charge on any atom is 0.0230 e. The van der Waals surface area contributed by atoms with Crippen LogP contribution in [0.25, 0.3) is 0 Å². The number of allylic oxidation sites excluding steroid dienone is 2. The van der Waals surface area contributed by atoms with Crippen molar-refractivity contribution in [2.75, 3.05) is 19.6 Å². The Balaban J connectivity index is 2.38. The molecule has 0 spiro atoms. The molecule has 1 radical (unpaired) electrons. The summed E-state index contributed by atoms with van der Waals surface area (Å²) >= 11 is 0. The van der Waals surface area contributed by atoms with Gasteiger partial charge in [0, 0.05) is 6.54 Å². The number of hydrogen-bond acceptors (Lipinski definition) is 1. The summed E-state index contributed by atoms with van der Waals surface area (Å²) in [5.41, 5.74) is 1.44. The quantitative estimate of drug-likeness (QED) is 0.617. The smallest absolute Gasteiger partial charge is 0.0230 e. The molecule has 1 aliphatic rings. The van der Waals surface area contributed by atoms with Crippen LogP contribution in [0.1, 0.15) is 20.3 Å². The molecule has 0 unspecified atom stereocenters. The highest BCUT2D eigenvalue weighted by molar-refractivity contribution is 5.28. The van der Waals surface area contributed by atoms with Crippen LogP contribution in [0.3, 0.4) is 0 Å². The molecule has 12 heavy (non-hydrogen) atoms. The first kappa shape index (κ1) is 9.53. The summed E-state index contributed by atoms with van der Waals surface area (Å²) < 4.78 is 0. The Morgan fingerprint density at radius 1 is 1.33 bits per heavy atom. The minimum absolute atomic E-state index is 1.10. The lowest BCUT2D eigenvalue weighted by Crippen LogP contribution is -2.25. The number of hydrogen-bond donors (Lipinski definition) is 0. The first-order chi connectivity index (χ1) is 5.86. The van der Waals surface area contributed by atoms with Crippen LogP contribution in [0.2, 0.25) is 0 Å². The van der Waals surface area contributed by atoms with E-state index in [0.717, 1.165) is 26.1 Å². The summed E-state index contributed by atoms with van der Waals surface area (Å²) in [6.45, 7) is 7.80. The number of likely N-dealkylation sites (N-methyl/N-ethyl adjacent to an activating group) is 1. The van der Waals surface area contributed by atoms with Gasteiger partial charge in [-0.15, -0.1) is 0 Å². The summed E-state index contributed by atoms with van der Waals surface area (Å²) in [7, 11) is 0. The van der Waals surface area contributed by atoms with Crippen LogP contribution < -0.4 is 0 Å². The lowest BCUT2D eigenvalue weighted by atomic mass is 10.1. The predicted octanol–water partition coefficient (Wildman–Crippen LogP) is 2.42. The van der Waals surface area contributed by atoms with E-state index < -0.39 is 0 Å². The molecule has 0 saturated carbocycles. The highest BCUT2D eigenvalue weighted by atomic mass is 15.1. The van der Waals surface area contributed by atoms with E-state index in [0.29, 0.717) is 0 Å². The van der Waals surface area contributed by atoms with Crippen LogP contribution in [-0.4, -0.2) is 24.5 Å². The zero-order valence-electron chi connectivity index (χ0n) is 8.09. The largest absolute Gasteiger partial charge is 0.300 e. The molecule has 1 rings (SSSR count). The van der Waals surface area contributed by atoms with Gasteiger partial charge in [0.2, 0.25) is 0 Å². The van der Waals surface area contributed by atoms with E-state index in [9.17, 15) is 0 Å². The second kappa shape index (κ2) is 5.15. The van der Waals surface area contributed by atoms with Gasteiger partial charge in [-0.05, 0) is 31.5 Å². The molecule has 67 valence electrons. The van der Waals surface area contributed by atoms with Gasteiger partial charge < -0.3 is 0 Å². The van der Waals surface area contributed by atoms with Gasteiger partial charge in [0.25, 0.3) is 0 Å². The maximum absolute atomic E-state index is 2.43. The number of rotatable bonds is 4. The highest BCUT2D eigenvalue weighted by Crippen LogP contribution is 2.09. The minimum Gasteiger partial charge on any atom is -0.300 e. The van der Waals surface area contributed by atoms with Gasteiger partial charge in [0.15, 0.2) is 0 Å². The van der Waals surface area contributed by atoms with Gasteiger partial charge in [-0.3, -0.25) is 4.90 Å². The lowest BCUT2D eigenvalue weighted by molar-refractivity contribution is 0.332. The maximum atomic E-state index is 2.43. The molecule has 0 aliphatic heterocycles. The predicted molar refractivity (Wildman–Crippen MR) is 53.9 cm³/mol. The van der Waals surface area contributed by atoms with Crippen molar-refractivity contribution in [2.45, 2.75) is 20.3 Å². The Morgan fingerprint density at radius 3 is 2.58 bits per heavy atom. The Kier molecular flexibility index (Phi) is 4.09. The SMILES string of the molecule is CCN(CC)CC1=C[CH]CC=C1. The van der Waals surface area contributed by atoms with Crippen molar-refractivity contribution in [2.24, 2.45) is 0 Å². The van der Waals surface area contributed by atoms with Crippen LogP contribution in [0.15, 0.2) is 23.8 Å². The summed E-state index contributed by atoms with van der Waals surface area (Å²) in [6, 6.07) is 0. The lowest BCUT2D eigenvalue weighted by Gasteiger charge is -2.19. The van der Waals surface area contributed by atoms with Gasteiger partial charge in [-0.1, -0.05) is 32.1 Å². The first-order valence-corrected chi connectivity index (χ1v) is 4.78. The third-order valence-electron chi connectivity index (χ3n) is 2.24. The summed E-state index contributed by atoms with van der Waals surface area (Å²) in [5.74, 6) is 0. The molecule has 0 heterocycles. The highest BCUT2D eigenvalue weighted by Gasteiger charge is 2.02. The minimum atomic E-state index is 1.10. The molecule has 0 aromatic carbocycles. The van der Waals surface area contributed by atoms with Crippen LogP contribution in [0.5, 0.6) is 0 Å². The van der Waals surface area contributed by atoms with E-state index in [4.69, 9.17) is 0 Å². The monoisotopic (exact) mass is 164 g/mol.